The summed E-state index contributed by atoms with van der Waals surface area (Å²) in [5, 5.41) is 2.87. The van der Waals surface area contributed by atoms with Crippen LogP contribution in [0.1, 0.15) is 38.2 Å². The minimum atomic E-state index is -0.552. The van der Waals surface area contributed by atoms with Crippen molar-refractivity contribution in [3.05, 3.63) is 35.4 Å². The van der Waals surface area contributed by atoms with Gasteiger partial charge in [-0.05, 0) is 50.4 Å². The Morgan fingerprint density at radius 2 is 1.77 bits per heavy atom. The summed E-state index contributed by atoms with van der Waals surface area (Å²) in [7, 11) is 2.12. The Labute approximate surface area is 129 Å². The van der Waals surface area contributed by atoms with Gasteiger partial charge in [0.25, 0.3) is 0 Å². The van der Waals surface area contributed by atoms with Crippen molar-refractivity contribution in [2.45, 2.75) is 50.1 Å². The molecule has 1 amide bonds. The molecule has 2 saturated heterocycles. The van der Waals surface area contributed by atoms with Gasteiger partial charge in [0, 0.05) is 37.0 Å². The van der Waals surface area contributed by atoms with Gasteiger partial charge in [-0.1, -0.05) is 0 Å². The van der Waals surface area contributed by atoms with Crippen LogP contribution in [0.2, 0.25) is 0 Å². The van der Waals surface area contributed by atoms with Gasteiger partial charge in [0.15, 0.2) is 0 Å². The summed E-state index contributed by atoms with van der Waals surface area (Å²) in [6.45, 7) is 1.91. The Balaban J connectivity index is 1.98. The predicted molar refractivity (Wildman–Crippen MR) is 80.5 cm³/mol. The third kappa shape index (κ3) is 2.74. The van der Waals surface area contributed by atoms with E-state index >= 15 is 0 Å². The molecule has 3 rings (SSSR count). The van der Waals surface area contributed by atoms with Crippen LogP contribution in [-0.2, 0) is 10.2 Å². The van der Waals surface area contributed by atoms with E-state index in [9.17, 15) is 13.6 Å². The molecule has 2 aliphatic rings. The zero-order valence-electron chi connectivity index (χ0n) is 13.0. The molecule has 0 radical (unpaired) electrons. The van der Waals surface area contributed by atoms with E-state index in [0.29, 0.717) is 24.2 Å². The zero-order chi connectivity index (χ0) is 15.9. The quantitative estimate of drug-likeness (QED) is 0.931. The Hall–Kier alpha value is -1.49. The van der Waals surface area contributed by atoms with Crippen molar-refractivity contribution >= 4 is 5.91 Å². The first-order valence-electron chi connectivity index (χ1n) is 7.82. The highest BCUT2D eigenvalue weighted by molar-refractivity contribution is 5.73. The van der Waals surface area contributed by atoms with Crippen LogP contribution in [0.5, 0.6) is 0 Å². The number of nitrogens with one attached hydrogen (secondary N) is 1. The number of carbonyl (C=O) groups is 1. The average molecular weight is 308 g/mol. The maximum absolute atomic E-state index is 13.7. The number of benzene rings is 1. The van der Waals surface area contributed by atoms with E-state index < -0.39 is 11.6 Å². The van der Waals surface area contributed by atoms with Crippen LogP contribution < -0.4 is 5.32 Å². The van der Waals surface area contributed by atoms with Crippen molar-refractivity contribution in [2.75, 3.05) is 13.6 Å². The Kier molecular flexibility index (Phi) is 3.93. The van der Waals surface area contributed by atoms with Crippen molar-refractivity contribution in [1.29, 1.82) is 0 Å². The second-order valence-corrected chi connectivity index (χ2v) is 6.81. The van der Waals surface area contributed by atoms with Gasteiger partial charge in [-0.3, -0.25) is 4.79 Å². The van der Waals surface area contributed by atoms with Gasteiger partial charge in [0.1, 0.15) is 11.6 Å². The average Bonchev–Trinajstić information content (AvgIpc) is 2.68. The summed E-state index contributed by atoms with van der Waals surface area (Å²) in [5.74, 6) is -1.21. The minimum Gasteiger partial charge on any atom is -0.355 e. The molecule has 2 atom stereocenters. The molecule has 0 saturated carbocycles. The number of nitrogens with zero attached hydrogens (tertiary/aromatic N) is 1. The van der Waals surface area contributed by atoms with E-state index in [-0.39, 0.29) is 11.3 Å². The van der Waals surface area contributed by atoms with Crippen LogP contribution in [0.4, 0.5) is 8.78 Å². The van der Waals surface area contributed by atoms with Crippen molar-refractivity contribution in [3.63, 3.8) is 0 Å². The maximum atomic E-state index is 13.7. The fraction of sp³-hybridized carbons (Fsp3) is 0.588. The number of amides is 1. The minimum absolute atomic E-state index is 0.109. The molecule has 3 nitrogen and oxygen atoms in total. The molecule has 2 unspecified atom stereocenters. The van der Waals surface area contributed by atoms with E-state index in [0.717, 1.165) is 31.7 Å². The Morgan fingerprint density at radius 3 is 2.27 bits per heavy atom. The standard InChI is InChI=1S/C17H22F2N2O/c1-11(22)20-10-17(12-5-13(18)7-14(19)6-12)8-15-3-4-16(9-17)21(15)2/h5-7,15-16H,3-4,8-10H2,1-2H3,(H,20,22). The number of piperidine rings is 1. The molecule has 1 aromatic carbocycles. The van der Waals surface area contributed by atoms with Gasteiger partial charge in [0.2, 0.25) is 5.91 Å². The number of hydrogen-bond acceptors (Lipinski definition) is 2. The number of halogens is 2. The number of hydrogen-bond donors (Lipinski definition) is 1. The third-order valence-electron chi connectivity index (χ3n) is 5.39. The normalized spacial score (nSPS) is 31.3. The lowest BCUT2D eigenvalue weighted by atomic mass is 9.70. The summed E-state index contributed by atoms with van der Waals surface area (Å²) in [6, 6.07) is 4.59. The molecule has 1 N–H and O–H groups in total. The lowest BCUT2D eigenvalue weighted by Crippen LogP contribution is -2.52. The van der Waals surface area contributed by atoms with Crippen LogP contribution in [-0.4, -0.2) is 36.5 Å². The van der Waals surface area contributed by atoms with Crippen LogP contribution in [0.3, 0.4) is 0 Å². The second-order valence-electron chi connectivity index (χ2n) is 6.81. The predicted octanol–water partition coefficient (Wildman–Crippen LogP) is 2.60. The van der Waals surface area contributed by atoms with E-state index in [1.165, 1.54) is 19.1 Å². The summed E-state index contributed by atoms with van der Waals surface area (Å²) in [5.41, 5.74) is 0.288. The number of rotatable bonds is 3. The zero-order valence-corrected chi connectivity index (χ0v) is 13.0. The number of fused-ring (bicyclic) bond motifs is 2. The second kappa shape index (κ2) is 5.61. The molecule has 2 aliphatic heterocycles. The molecule has 120 valence electrons. The van der Waals surface area contributed by atoms with Gasteiger partial charge in [-0.2, -0.15) is 0 Å². The van der Waals surface area contributed by atoms with Gasteiger partial charge >= 0.3 is 0 Å². The lowest BCUT2D eigenvalue weighted by Gasteiger charge is -2.46. The molecule has 5 heteroatoms. The molecule has 22 heavy (non-hydrogen) atoms. The molecule has 1 aromatic rings. The topological polar surface area (TPSA) is 32.3 Å². The maximum Gasteiger partial charge on any atom is 0.216 e. The molecule has 0 aromatic heterocycles. The fourth-order valence-electron chi connectivity index (χ4n) is 4.20. The lowest BCUT2D eigenvalue weighted by molar-refractivity contribution is -0.119. The van der Waals surface area contributed by atoms with Gasteiger partial charge in [-0.25, -0.2) is 8.78 Å². The molecule has 2 heterocycles. The van der Waals surface area contributed by atoms with E-state index in [1.807, 2.05) is 0 Å². The van der Waals surface area contributed by atoms with Crippen LogP contribution in [0.25, 0.3) is 0 Å². The summed E-state index contributed by atoms with van der Waals surface area (Å²) < 4.78 is 27.4. The summed E-state index contributed by atoms with van der Waals surface area (Å²) in [6.07, 6.45) is 3.87. The van der Waals surface area contributed by atoms with E-state index in [2.05, 4.69) is 17.3 Å². The van der Waals surface area contributed by atoms with Gasteiger partial charge in [0.05, 0.1) is 0 Å². The highest BCUT2D eigenvalue weighted by Crippen LogP contribution is 2.46. The third-order valence-corrected chi connectivity index (χ3v) is 5.39. The monoisotopic (exact) mass is 308 g/mol. The highest BCUT2D eigenvalue weighted by atomic mass is 19.1. The number of carbonyl (C=O) groups excluding carboxylic acids is 1. The molecular formula is C17H22F2N2O. The van der Waals surface area contributed by atoms with E-state index in [4.69, 9.17) is 0 Å². The smallest absolute Gasteiger partial charge is 0.216 e. The van der Waals surface area contributed by atoms with Crippen molar-refractivity contribution in [3.8, 4) is 0 Å². The van der Waals surface area contributed by atoms with Crippen molar-refractivity contribution < 1.29 is 13.6 Å². The largest absolute Gasteiger partial charge is 0.355 e. The Bertz CT molecular complexity index is 556. The van der Waals surface area contributed by atoms with Crippen molar-refractivity contribution in [1.82, 2.24) is 10.2 Å². The molecule has 0 spiro atoms. The van der Waals surface area contributed by atoms with Crippen molar-refractivity contribution in [2.24, 2.45) is 0 Å². The first kappa shape index (κ1) is 15.4. The SMILES string of the molecule is CC(=O)NCC1(c2cc(F)cc(F)c2)CC2CCC(C1)N2C. The summed E-state index contributed by atoms with van der Waals surface area (Å²) >= 11 is 0. The fourth-order valence-corrected chi connectivity index (χ4v) is 4.20. The molecular weight excluding hydrogens is 286 g/mol. The highest BCUT2D eigenvalue weighted by Gasteiger charge is 2.47. The van der Waals surface area contributed by atoms with Crippen LogP contribution in [0, 0.1) is 11.6 Å². The van der Waals surface area contributed by atoms with Crippen LogP contribution >= 0.6 is 0 Å². The molecule has 2 bridgehead atoms. The van der Waals surface area contributed by atoms with Gasteiger partial charge < -0.3 is 10.2 Å². The molecule has 0 aliphatic carbocycles. The first-order chi connectivity index (χ1) is 10.4. The van der Waals surface area contributed by atoms with Crippen LogP contribution in [0.15, 0.2) is 18.2 Å². The molecule has 2 fully saturated rings. The Morgan fingerprint density at radius 1 is 1.23 bits per heavy atom. The summed E-state index contributed by atoms with van der Waals surface area (Å²) in [4.78, 5) is 13.7. The first-order valence-corrected chi connectivity index (χ1v) is 7.82. The van der Waals surface area contributed by atoms with Gasteiger partial charge in [-0.15, -0.1) is 0 Å². The van der Waals surface area contributed by atoms with E-state index in [1.54, 1.807) is 0 Å².